The summed E-state index contributed by atoms with van der Waals surface area (Å²) in [6, 6.07) is 19.9. The number of nitrogens with zero attached hydrogens (tertiary/aromatic N) is 2. The second-order valence-electron chi connectivity index (χ2n) is 7.50. The van der Waals surface area contributed by atoms with Gasteiger partial charge in [0.05, 0.1) is 11.3 Å². The summed E-state index contributed by atoms with van der Waals surface area (Å²) in [6.07, 6.45) is 3.38. The molecule has 4 rings (SSSR count). The van der Waals surface area contributed by atoms with Crippen molar-refractivity contribution in [2.75, 3.05) is 5.32 Å². The summed E-state index contributed by atoms with van der Waals surface area (Å²) in [7, 11) is 0. The van der Waals surface area contributed by atoms with Crippen LogP contribution in [0.1, 0.15) is 36.7 Å². The maximum absolute atomic E-state index is 12.7. The molecular formula is C25H23N3O2. The van der Waals surface area contributed by atoms with E-state index in [2.05, 4.69) is 27.6 Å². The van der Waals surface area contributed by atoms with Crippen molar-refractivity contribution in [2.45, 2.75) is 26.7 Å². The molecule has 0 aliphatic carbocycles. The van der Waals surface area contributed by atoms with Crippen LogP contribution in [-0.2, 0) is 4.79 Å². The van der Waals surface area contributed by atoms with Gasteiger partial charge in [0, 0.05) is 12.0 Å². The Kier molecular flexibility index (Phi) is 5.44. The quantitative estimate of drug-likeness (QED) is 0.421. The zero-order valence-corrected chi connectivity index (χ0v) is 17.2. The topological polar surface area (TPSA) is 68.0 Å². The van der Waals surface area contributed by atoms with Crippen molar-refractivity contribution in [3.63, 3.8) is 0 Å². The minimum Gasteiger partial charge on any atom is -0.334 e. The van der Waals surface area contributed by atoms with Gasteiger partial charge in [-0.3, -0.25) is 4.79 Å². The molecule has 30 heavy (non-hydrogen) atoms. The third-order valence-electron chi connectivity index (χ3n) is 4.95. The Hall–Kier alpha value is -3.73. The number of hydrogen-bond donors (Lipinski definition) is 1. The largest absolute Gasteiger partial charge is 0.334 e. The van der Waals surface area contributed by atoms with E-state index in [9.17, 15) is 4.79 Å². The Balaban J connectivity index is 1.61. The summed E-state index contributed by atoms with van der Waals surface area (Å²) in [5.41, 5.74) is 3.29. The fourth-order valence-electron chi connectivity index (χ4n) is 3.32. The first-order valence-electron chi connectivity index (χ1n) is 9.93. The molecule has 0 aliphatic rings. The lowest BCUT2D eigenvalue weighted by molar-refractivity contribution is -0.111. The van der Waals surface area contributed by atoms with E-state index in [-0.39, 0.29) is 11.8 Å². The van der Waals surface area contributed by atoms with E-state index >= 15 is 0 Å². The average molecular weight is 397 g/mol. The molecule has 1 amide bonds. The number of carbonyl (C=O) groups is 1. The minimum absolute atomic E-state index is 0.161. The second kappa shape index (κ2) is 8.33. The zero-order valence-electron chi connectivity index (χ0n) is 17.2. The number of fused-ring (bicyclic) bond motifs is 1. The summed E-state index contributed by atoms with van der Waals surface area (Å²) in [6.45, 7) is 5.95. The fourth-order valence-corrected chi connectivity index (χ4v) is 3.32. The molecule has 0 spiro atoms. The van der Waals surface area contributed by atoms with Gasteiger partial charge in [-0.2, -0.15) is 4.98 Å². The molecule has 1 heterocycles. The number of nitrogens with one attached hydrogen (secondary N) is 1. The predicted molar refractivity (Wildman–Crippen MR) is 120 cm³/mol. The molecule has 5 nitrogen and oxygen atoms in total. The molecule has 4 aromatic rings. The van der Waals surface area contributed by atoms with Gasteiger partial charge in [0.25, 0.3) is 5.89 Å². The lowest BCUT2D eigenvalue weighted by atomic mass is 10.0. The summed E-state index contributed by atoms with van der Waals surface area (Å²) in [5.74, 6) is 0.978. The Labute approximate surface area is 175 Å². The van der Waals surface area contributed by atoms with E-state index in [0.29, 0.717) is 23.0 Å². The van der Waals surface area contributed by atoms with Crippen LogP contribution in [0.25, 0.3) is 28.3 Å². The average Bonchev–Trinajstić information content (AvgIpc) is 3.24. The minimum atomic E-state index is -0.220. The highest BCUT2D eigenvalue weighted by Gasteiger charge is 2.17. The van der Waals surface area contributed by atoms with Crippen LogP contribution in [0, 0.1) is 6.92 Å². The van der Waals surface area contributed by atoms with Gasteiger partial charge in [0.2, 0.25) is 5.91 Å². The van der Waals surface area contributed by atoms with Gasteiger partial charge in [-0.15, -0.1) is 0 Å². The molecule has 1 N–H and O–H groups in total. The van der Waals surface area contributed by atoms with Crippen LogP contribution in [0.3, 0.4) is 0 Å². The summed E-state index contributed by atoms with van der Waals surface area (Å²) >= 11 is 0. The first-order chi connectivity index (χ1) is 14.5. The Morgan fingerprint density at radius 3 is 2.60 bits per heavy atom. The van der Waals surface area contributed by atoms with Crippen molar-refractivity contribution in [2.24, 2.45) is 0 Å². The standard InChI is InChI=1S/C25H23N3O2/c1-16(2)24-27-25(30-28-24)21-13-6-8-17(3)23(21)26-22(29)15-14-19-11-7-10-18-9-4-5-12-20(18)19/h4-16H,1-3H3,(H,26,29)/b15-14+. The first-order valence-corrected chi connectivity index (χ1v) is 9.93. The zero-order chi connectivity index (χ0) is 21.1. The van der Waals surface area contributed by atoms with Gasteiger partial charge < -0.3 is 9.84 Å². The molecule has 0 saturated carbocycles. The van der Waals surface area contributed by atoms with Crippen LogP contribution in [0.15, 0.2) is 71.3 Å². The fraction of sp³-hybridized carbons (Fsp3) is 0.160. The van der Waals surface area contributed by atoms with Crippen LogP contribution >= 0.6 is 0 Å². The molecule has 0 fully saturated rings. The van der Waals surface area contributed by atoms with Crippen molar-refractivity contribution >= 4 is 28.4 Å². The summed E-state index contributed by atoms with van der Waals surface area (Å²) < 4.78 is 5.44. The number of hydrogen-bond acceptors (Lipinski definition) is 4. The summed E-state index contributed by atoms with van der Waals surface area (Å²) in [5, 5.41) is 9.26. The van der Waals surface area contributed by atoms with E-state index in [1.54, 1.807) is 6.08 Å². The van der Waals surface area contributed by atoms with E-state index in [4.69, 9.17) is 4.52 Å². The van der Waals surface area contributed by atoms with E-state index in [0.717, 1.165) is 21.9 Å². The van der Waals surface area contributed by atoms with Gasteiger partial charge in [0.15, 0.2) is 5.82 Å². The molecule has 1 aromatic heterocycles. The van der Waals surface area contributed by atoms with E-state index < -0.39 is 0 Å². The molecular weight excluding hydrogens is 374 g/mol. The first kappa shape index (κ1) is 19.6. The van der Waals surface area contributed by atoms with Gasteiger partial charge in [-0.25, -0.2) is 0 Å². The number of anilines is 1. The summed E-state index contributed by atoms with van der Waals surface area (Å²) in [4.78, 5) is 17.2. The van der Waals surface area contributed by atoms with Crippen LogP contribution in [0.4, 0.5) is 5.69 Å². The maximum Gasteiger partial charge on any atom is 0.260 e. The highest BCUT2D eigenvalue weighted by molar-refractivity contribution is 6.05. The number of benzene rings is 3. The molecule has 0 bridgehead atoms. The van der Waals surface area contributed by atoms with E-state index in [1.807, 2.05) is 75.4 Å². The van der Waals surface area contributed by atoms with Gasteiger partial charge in [0.1, 0.15) is 0 Å². The third kappa shape index (κ3) is 4.01. The Morgan fingerprint density at radius 1 is 1.03 bits per heavy atom. The number of rotatable bonds is 5. The maximum atomic E-state index is 12.7. The molecule has 0 radical (unpaired) electrons. The monoisotopic (exact) mass is 397 g/mol. The van der Waals surface area contributed by atoms with Crippen LogP contribution in [-0.4, -0.2) is 16.0 Å². The lowest BCUT2D eigenvalue weighted by Gasteiger charge is -2.10. The van der Waals surface area contributed by atoms with Crippen LogP contribution in [0.2, 0.25) is 0 Å². The molecule has 5 heteroatoms. The lowest BCUT2D eigenvalue weighted by Crippen LogP contribution is -2.10. The van der Waals surface area contributed by atoms with Gasteiger partial charge in [-0.1, -0.05) is 73.6 Å². The highest BCUT2D eigenvalue weighted by atomic mass is 16.5. The molecule has 0 atom stereocenters. The van der Waals surface area contributed by atoms with Crippen molar-refractivity contribution in [1.29, 1.82) is 0 Å². The second-order valence-corrected chi connectivity index (χ2v) is 7.50. The number of amides is 1. The van der Waals surface area contributed by atoms with Crippen molar-refractivity contribution in [3.8, 4) is 11.5 Å². The smallest absolute Gasteiger partial charge is 0.260 e. The molecule has 0 aliphatic heterocycles. The molecule has 0 saturated heterocycles. The Bertz CT molecular complexity index is 1230. The predicted octanol–water partition coefficient (Wildman–Crippen LogP) is 5.97. The van der Waals surface area contributed by atoms with Gasteiger partial charge >= 0.3 is 0 Å². The van der Waals surface area contributed by atoms with Gasteiger partial charge in [-0.05, 0) is 41.0 Å². The van der Waals surface area contributed by atoms with E-state index in [1.165, 1.54) is 0 Å². The number of para-hydroxylation sites is 1. The molecule has 150 valence electrons. The van der Waals surface area contributed by atoms with Crippen molar-refractivity contribution in [3.05, 3.63) is 83.7 Å². The van der Waals surface area contributed by atoms with Crippen molar-refractivity contribution in [1.82, 2.24) is 10.1 Å². The molecule has 3 aromatic carbocycles. The van der Waals surface area contributed by atoms with Crippen LogP contribution in [0.5, 0.6) is 0 Å². The number of carbonyl (C=O) groups excluding carboxylic acids is 1. The SMILES string of the molecule is Cc1cccc(-c2nc(C(C)C)no2)c1NC(=O)/C=C/c1cccc2ccccc12. The third-order valence-corrected chi connectivity index (χ3v) is 4.95. The highest BCUT2D eigenvalue weighted by Crippen LogP contribution is 2.30. The Morgan fingerprint density at radius 2 is 1.80 bits per heavy atom. The number of aryl methyl sites for hydroxylation is 1. The number of aromatic nitrogens is 2. The normalized spacial score (nSPS) is 11.5. The molecule has 0 unspecified atom stereocenters. The van der Waals surface area contributed by atoms with Crippen molar-refractivity contribution < 1.29 is 9.32 Å². The van der Waals surface area contributed by atoms with Crippen LogP contribution < -0.4 is 5.32 Å².